The first-order valence-corrected chi connectivity index (χ1v) is 6.98. The first-order valence-electron chi connectivity index (χ1n) is 6.45. The van der Waals surface area contributed by atoms with E-state index in [9.17, 15) is 0 Å². The van der Waals surface area contributed by atoms with Crippen molar-refractivity contribution >= 4 is 11.6 Å². The van der Waals surface area contributed by atoms with E-state index in [2.05, 4.69) is 40.1 Å². The minimum absolute atomic E-state index is 0.752. The van der Waals surface area contributed by atoms with Crippen LogP contribution in [-0.2, 0) is 6.54 Å². The number of alkyl halides is 1. The van der Waals surface area contributed by atoms with Gasteiger partial charge in [0.15, 0.2) is 0 Å². The van der Waals surface area contributed by atoms with Gasteiger partial charge < -0.3 is 0 Å². The molecule has 0 aliphatic carbocycles. The highest BCUT2D eigenvalue weighted by molar-refractivity contribution is 6.18. The fourth-order valence-electron chi connectivity index (χ4n) is 3.23. The van der Waals surface area contributed by atoms with Crippen LogP contribution < -0.4 is 0 Å². The van der Waals surface area contributed by atoms with Crippen LogP contribution in [0.5, 0.6) is 0 Å². The molecule has 1 aromatic carbocycles. The van der Waals surface area contributed by atoms with Gasteiger partial charge in [0.1, 0.15) is 0 Å². The van der Waals surface area contributed by atoms with Gasteiger partial charge in [0.2, 0.25) is 0 Å². The molecule has 0 aromatic heterocycles. The molecule has 3 heteroatoms. The normalized spacial score (nSPS) is 29.0. The zero-order valence-corrected chi connectivity index (χ0v) is 10.8. The van der Waals surface area contributed by atoms with E-state index in [0.29, 0.717) is 0 Å². The van der Waals surface area contributed by atoms with Crippen molar-refractivity contribution in [1.29, 1.82) is 0 Å². The molecule has 2 aliphatic heterocycles. The molecule has 17 heavy (non-hydrogen) atoms. The molecule has 0 unspecified atom stereocenters. The number of fused-ring (bicyclic) bond motifs is 2. The minimum atomic E-state index is 0.752. The topological polar surface area (TPSA) is 6.48 Å². The molecule has 2 nitrogen and oxygen atoms in total. The number of hydrogen-bond acceptors (Lipinski definition) is 2. The highest BCUT2D eigenvalue weighted by Crippen LogP contribution is 2.31. The van der Waals surface area contributed by atoms with Gasteiger partial charge in [0.05, 0.1) is 0 Å². The van der Waals surface area contributed by atoms with Crippen LogP contribution in [-0.4, -0.2) is 47.4 Å². The minimum Gasteiger partial charge on any atom is -0.296 e. The number of likely N-dealkylation sites (tertiary alicyclic amines) is 2. The van der Waals surface area contributed by atoms with E-state index in [1.807, 2.05) is 0 Å². The molecule has 92 valence electrons. The van der Waals surface area contributed by atoms with Crippen molar-refractivity contribution in [2.24, 2.45) is 0 Å². The molecule has 0 amide bonds. The van der Waals surface area contributed by atoms with Crippen LogP contribution in [0.1, 0.15) is 12.0 Å². The zero-order valence-electron chi connectivity index (χ0n) is 10.1. The van der Waals surface area contributed by atoms with Crippen LogP contribution in [0.25, 0.3) is 0 Å². The average Bonchev–Trinajstić information content (AvgIpc) is 2.90. The second-order valence-corrected chi connectivity index (χ2v) is 5.52. The molecule has 3 rings (SSSR count). The van der Waals surface area contributed by atoms with Gasteiger partial charge in [-0.3, -0.25) is 9.80 Å². The molecule has 2 aliphatic rings. The Balaban J connectivity index is 1.59. The average molecular weight is 251 g/mol. The quantitative estimate of drug-likeness (QED) is 0.756. The molecule has 2 atom stereocenters. The molecule has 0 saturated carbocycles. The first-order chi connectivity index (χ1) is 8.36. The Labute approximate surface area is 108 Å². The predicted molar refractivity (Wildman–Crippen MR) is 71.3 cm³/mol. The second kappa shape index (κ2) is 4.97. The fourth-order valence-corrected chi connectivity index (χ4v) is 3.44. The summed E-state index contributed by atoms with van der Waals surface area (Å²) in [6, 6.07) is 12.3. The second-order valence-electron chi connectivity index (χ2n) is 5.14. The van der Waals surface area contributed by atoms with Crippen LogP contribution >= 0.6 is 11.6 Å². The maximum absolute atomic E-state index is 5.83. The lowest BCUT2D eigenvalue weighted by molar-refractivity contribution is 0.128. The van der Waals surface area contributed by atoms with Crippen LogP contribution in [0.4, 0.5) is 0 Å². The zero-order chi connectivity index (χ0) is 11.7. The SMILES string of the molecule is ClCCN1C[C@@H]2C[C@H]1CN2Cc1ccccc1. The third-order valence-electron chi connectivity index (χ3n) is 4.07. The number of hydrogen-bond donors (Lipinski definition) is 0. The van der Waals surface area contributed by atoms with Crippen molar-refractivity contribution in [3.8, 4) is 0 Å². The molecule has 1 aromatic rings. The maximum Gasteiger partial charge on any atom is 0.0351 e. The number of halogens is 1. The Morgan fingerprint density at radius 1 is 1.06 bits per heavy atom. The summed E-state index contributed by atoms with van der Waals surface area (Å²) < 4.78 is 0. The highest BCUT2D eigenvalue weighted by Gasteiger charge is 2.42. The van der Waals surface area contributed by atoms with E-state index in [1.54, 1.807) is 0 Å². The Kier molecular flexibility index (Phi) is 3.37. The molecule has 0 radical (unpaired) electrons. The van der Waals surface area contributed by atoms with Crippen molar-refractivity contribution in [3.63, 3.8) is 0 Å². The summed E-state index contributed by atoms with van der Waals surface area (Å²) in [5, 5.41) is 0. The Morgan fingerprint density at radius 3 is 2.41 bits per heavy atom. The van der Waals surface area contributed by atoms with E-state index in [4.69, 9.17) is 11.6 Å². The van der Waals surface area contributed by atoms with Gasteiger partial charge in [-0.15, -0.1) is 11.6 Å². The van der Waals surface area contributed by atoms with E-state index >= 15 is 0 Å². The molecule has 0 N–H and O–H groups in total. The maximum atomic E-state index is 5.83. The van der Waals surface area contributed by atoms with E-state index in [-0.39, 0.29) is 0 Å². The third-order valence-corrected chi connectivity index (χ3v) is 4.24. The lowest BCUT2D eigenvalue weighted by Crippen LogP contribution is -2.46. The fraction of sp³-hybridized carbons (Fsp3) is 0.571. The molecule has 0 spiro atoms. The standard InChI is InChI=1S/C14H19ClN2/c15-6-7-16-10-14-8-13(16)11-17(14)9-12-4-2-1-3-5-12/h1-5,13-14H,6-11H2/t13-,14-/m0/s1. The van der Waals surface area contributed by atoms with Crippen LogP contribution in [0.2, 0.25) is 0 Å². The summed E-state index contributed by atoms with van der Waals surface area (Å²) in [6.45, 7) is 4.60. The molecule has 2 heterocycles. The third kappa shape index (κ3) is 2.35. The van der Waals surface area contributed by atoms with Crippen LogP contribution in [0.15, 0.2) is 30.3 Å². The molecule has 2 saturated heterocycles. The monoisotopic (exact) mass is 250 g/mol. The van der Waals surface area contributed by atoms with Crippen molar-refractivity contribution in [3.05, 3.63) is 35.9 Å². The summed E-state index contributed by atoms with van der Waals surface area (Å²) in [6.07, 6.45) is 1.34. The van der Waals surface area contributed by atoms with E-state index < -0.39 is 0 Å². The summed E-state index contributed by atoms with van der Waals surface area (Å²) in [5.74, 6) is 0.766. The van der Waals surface area contributed by atoms with Gasteiger partial charge in [-0.05, 0) is 12.0 Å². The van der Waals surface area contributed by atoms with Crippen molar-refractivity contribution < 1.29 is 0 Å². The molecular formula is C14H19ClN2. The number of rotatable bonds is 4. The van der Waals surface area contributed by atoms with Crippen LogP contribution in [0, 0.1) is 0 Å². The summed E-state index contributed by atoms with van der Waals surface area (Å²) >= 11 is 5.83. The molecule has 2 bridgehead atoms. The first kappa shape index (κ1) is 11.5. The smallest absolute Gasteiger partial charge is 0.0351 e. The van der Waals surface area contributed by atoms with Crippen molar-refractivity contribution in [2.45, 2.75) is 25.0 Å². The van der Waals surface area contributed by atoms with Gasteiger partial charge >= 0.3 is 0 Å². The van der Waals surface area contributed by atoms with Gasteiger partial charge in [-0.1, -0.05) is 30.3 Å². The Hall–Kier alpha value is -0.570. The molecular weight excluding hydrogens is 232 g/mol. The number of nitrogens with zero attached hydrogens (tertiary/aromatic N) is 2. The summed E-state index contributed by atoms with van der Waals surface area (Å²) in [5.41, 5.74) is 1.43. The lowest BCUT2D eigenvalue weighted by atomic mass is 10.2. The Bertz CT molecular complexity index is 368. The molecule has 2 fully saturated rings. The van der Waals surface area contributed by atoms with Gasteiger partial charge in [0.25, 0.3) is 0 Å². The Morgan fingerprint density at radius 2 is 1.76 bits per heavy atom. The van der Waals surface area contributed by atoms with E-state index in [1.165, 1.54) is 25.1 Å². The van der Waals surface area contributed by atoms with Gasteiger partial charge in [-0.2, -0.15) is 0 Å². The van der Waals surface area contributed by atoms with E-state index in [0.717, 1.165) is 31.1 Å². The predicted octanol–water partition coefficient (Wildman–Crippen LogP) is 2.18. The lowest BCUT2D eigenvalue weighted by Gasteiger charge is -2.33. The van der Waals surface area contributed by atoms with Gasteiger partial charge in [0, 0.05) is 44.1 Å². The van der Waals surface area contributed by atoms with Crippen LogP contribution in [0.3, 0.4) is 0 Å². The van der Waals surface area contributed by atoms with Crippen molar-refractivity contribution in [2.75, 3.05) is 25.5 Å². The number of piperazine rings is 1. The highest BCUT2D eigenvalue weighted by atomic mass is 35.5. The van der Waals surface area contributed by atoms with Crippen molar-refractivity contribution in [1.82, 2.24) is 9.80 Å². The summed E-state index contributed by atoms with van der Waals surface area (Å²) in [4.78, 5) is 5.18. The summed E-state index contributed by atoms with van der Waals surface area (Å²) in [7, 11) is 0. The number of benzene rings is 1. The largest absolute Gasteiger partial charge is 0.296 e. The van der Waals surface area contributed by atoms with Gasteiger partial charge in [-0.25, -0.2) is 0 Å².